The van der Waals surface area contributed by atoms with E-state index in [1.54, 1.807) is 35.8 Å². The van der Waals surface area contributed by atoms with E-state index in [9.17, 15) is 18.3 Å². The molecule has 4 aromatic rings. The molecule has 0 spiro atoms. The zero-order valence-electron chi connectivity index (χ0n) is 14.4. The number of rotatable bonds is 4. The van der Waals surface area contributed by atoms with Crippen molar-refractivity contribution in [3.63, 3.8) is 0 Å². The minimum Gasteiger partial charge on any atom is -0.384 e. The first kappa shape index (κ1) is 18.4. The number of hydrogen-bond acceptors (Lipinski definition) is 3. The quantitative estimate of drug-likeness (QED) is 0.460. The first-order valence-electron chi connectivity index (χ1n) is 8.45. The number of benzene rings is 2. The molecule has 2 aromatic heterocycles. The van der Waals surface area contributed by atoms with Gasteiger partial charge in [0.15, 0.2) is 0 Å². The van der Waals surface area contributed by atoms with E-state index in [-0.39, 0.29) is 11.4 Å². The Labute approximate surface area is 163 Å². The number of hydrogen-bond donors (Lipinski definition) is 1. The molecule has 0 fully saturated rings. The van der Waals surface area contributed by atoms with E-state index in [1.807, 2.05) is 0 Å². The van der Waals surface area contributed by atoms with Crippen molar-refractivity contribution in [3.05, 3.63) is 101 Å². The Balaban J connectivity index is 1.93. The predicted molar refractivity (Wildman–Crippen MR) is 103 cm³/mol. The third-order valence-electron chi connectivity index (χ3n) is 4.43. The van der Waals surface area contributed by atoms with Gasteiger partial charge in [-0.3, -0.25) is 4.98 Å². The molecular weight excluding hydrogens is 383 g/mol. The Morgan fingerprint density at radius 1 is 0.893 bits per heavy atom. The predicted octanol–water partition coefficient (Wildman–Crippen LogP) is 5.98. The van der Waals surface area contributed by atoms with Gasteiger partial charge >= 0.3 is 0 Å². The summed E-state index contributed by atoms with van der Waals surface area (Å²) in [4.78, 5) is 4.71. The van der Waals surface area contributed by atoms with Crippen LogP contribution in [0.4, 0.5) is 13.2 Å². The van der Waals surface area contributed by atoms with Crippen molar-refractivity contribution in [3.8, 4) is 21.6 Å². The Morgan fingerprint density at radius 3 is 2.32 bits per heavy atom. The van der Waals surface area contributed by atoms with Gasteiger partial charge in [-0.15, -0.1) is 11.3 Å². The molecule has 2 nitrogen and oxygen atoms in total. The highest BCUT2D eigenvalue weighted by Gasteiger charge is 2.24. The maximum absolute atomic E-state index is 14.5. The summed E-state index contributed by atoms with van der Waals surface area (Å²) >= 11 is 1.30. The van der Waals surface area contributed by atoms with Crippen molar-refractivity contribution in [2.24, 2.45) is 0 Å². The van der Waals surface area contributed by atoms with Gasteiger partial charge in [0, 0.05) is 45.6 Å². The van der Waals surface area contributed by atoms with Crippen LogP contribution >= 0.6 is 11.3 Å². The van der Waals surface area contributed by atoms with Gasteiger partial charge in [-0.05, 0) is 41.3 Å². The molecule has 1 atom stereocenters. The van der Waals surface area contributed by atoms with Crippen molar-refractivity contribution in [1.82, 2.24) is 4.98 Å². The van der Waals surface area contributed by atoms with Crippen LogP contribution in [0.5, 0.6) is 0 Å². The molecule has 28 heavy (non-hydrogen) atoms. The molecule has 0 saturated carbocycles. The lowest BCUT2D eigenvalue weighted by Crippen LogP contribution is -2.03. The number of aliphatic hydroxyl groups excluding tert-OH is 1. The van der Waals surface area contributed by atoms with E-state index in [2.05, 4.69) is 4.98 Å². The zero-order valence-corrected chi connectivity index (χ0v) is 15.3. The molecule has 1 unspecified atom stereocenters. The SMILES string of the molecule is OC(c1cccnc1)c1c(-c2ccc(F)cc2F)csc1-c1ccc(F)cc1. The second kappa shape index (κ2) is 7.58. The smallest absolute Gasteiger partial charge is 0.133 e. The lowest BCUT2D eigenvalue weighted by Gasteiger charge is -2.16. The molecule has 0 radical (unpaired) electrons. The fourth-order valence-corrected chi connectivity index (χ4v) is 4.19. The summed E-state index contributed by atoms with van der Waals surface area (Å²) in [5, 5.41) is 12.8. The van der Waals surface area contributed by atoms with Gasteiger partial charge in [0.2, 0.25) is 0 Å². The van der Waals surface area contributed by atoms with Crippen molar-refractivity contribution < 1.29 is 18.3 Å². The molecular formula is C22H14F3NOS. The molecule has 6 heteroatoms. The van der Waals surface area contributed by atoms with Gasteiger partial charge in [-0.25, -0.2) is 13.2 Å². The van der Waals surface area contributed by atoms with Gasteiger partial charge in [0.1, 0.15) is 23.6 Å². The maximum Gasteiger partial charge on any atom is 0.133 e. The fraction of sp³-hybridized carbons (Fsp3) is 0.0455. The van der Waals surface area contributed by atoms with E-state index in [1.165, 1.54) is 41.8 Å². The van der Waals surface area contributed by atoms with E-state index in [4.69, 9.17) is 0 Å². The fourth-order valence-electron chi connectivity index (χ4n) is 3.08. The van der Waals surface area contributed by atoms with Crippen molar-refractivity contribution in [2.45, 2.75) is 6.10 Å². The van der Waals surface area contributed by atoms with Crippen molar-refractivity contribution >= 4 is 11.3 Å². The van der Waals surface area contributed by atoms with Gasteiger partial charge < -0.3 is 5.11 Å². The number of aliphatic hydroxyl groups is 1. The summed E-state index contributed by atoms with van der Waals surface area (Å²) in [6, 6.07) is 12.6. The minimum absolute atomic E-state index is 0.184. The molecule has 0 aliphatic carbocycles. The minimum atomic E-state index is -1.08. The highest BCUT2D eigenvalue weighted by Crippen LogP contribution is 2.44. The highest BCUT2D eigenvalue weighted by atomic mass is 32.1. The molecule has 0 aliphatic heterocycles. The van der Waals surface area contributed by atoms with Crippen LogP contribution in [0.15, 0.2) is 72.4 Å². The molecule has 0 bridgehead atoms. The van der Waals surface area contributed by atoms with Crippen LogP contribution in [0, 0.1) is 17.5 Å². The molecule has 0 saturated heterocycles. The van der Waals surface area contributed by atoms with Crippen LogP contribution in [-0.4, -0.2) is 10.1 Å². The summed E-state index contributed by atoms with van der Waals surface area (Å²) in [5.41, 5.74) is 2.34. The molecule has 2 heterocycles. The van der Waals surface area contributed by atoms with Crippen LogP contribution in [-0.2, 0) is 0 Å². The maximum atomic E-state index is 14.5. The summed E-state index contributed by atoms with van der Waals surface area (Å²) in [5.74, 6) is -1.77. The van der Waals surface area contributed by atoms with Crippen molar-refractivity contribution in [2.75, 3.05) is 0 Å². The molecule has 4 rings (SSSR count). The van der Waals surface area contributed by atoms with Crippen molar-refractivity contribution in [1.29, 1.82) is 0 Å². The van der Waals surface area contributed by atoms with Crippen LogP contribution in [0.2, 0.25) is 0 Å². The van der Waals surface area contributed by atoms with Crippen LogP contribution in [0.25, 0.3) is 21.6 Å². The van der Waals surface area contributed by atoms with E-state index in [0.29, 0.717) is 27.1 Å². The number of halogens is 3. The van der Waals surface area contributed by atoms with Crippen LogP contribution in [0.3, 0.4) is 0 Å². The summed E-state index contributed by atoms with van der Waals surface area (Å²) in [6.07, 6.45) is 2.03. The van der Waals surface area contributed by atoms with Gasteiger partial charge in [-0.2, -0.15) is 0 Å². The highest BCUT2D eigenvalue weighted by molar-refractivity contribution is 7.14. The lowest BCUT2D eigenvalue weighted by molar-refractivity contribution is 0.221. The molecule has 1 N–H and O–H groups in total. The summed E-state index contributed by atoms with van der Waals surface area (Å²) in [7, 11) is 0. The van der Waals surface area contributed by atoms with E-state index < -0.39 is 17.7 Å². The summed E-state index contributed by atoms with van der Waals surface area (Å²) in [6.45, 7) is 0. The van der Waals surface area contributed by atoms with E-state index in [0.717, 1.165) is 6.07 Å². The largest absolute Gasteiger partial charge is 0.384 e. The topological polar surface area (TPSA) is 33.1 Å². The number of thiophene rings is 1. The average molecular weight is 397 g/mol. The Morgan fingerprint density at radius 2 is 1.64 bits per heavy atom. The monoisotopic (exact) mass is 397 g/mol. The van der Waals surface area contributed by atoms with Crippen LogP contribution < -0.4 is 0 Å². The average Bonchev–Trinajstić information content (AvgIpc) is 3.13. The standard InChI is InChI=1S/C22H14F3NOS/c23-15-5-3-13(4-6-15)22-20(21(27)14-2-1-9-26-11-14)18(12-28-22)17-8-7-16(24)10-19(17)25/h1-12,21,27H. The molecule has 0 amide bonds. The van der Waals surface area contributed by atoms with E-state index >= 15 is 0 Å². The first-order valence-corrected chi connectivity index (χ1v) is 9.33. The lowest BCUT2D eigenvalue weighted by atomic mass is 9.93. The molecule has 2 aromatic carbocycles. The number of nitrogens with zero attached hydrogens (tertiary/aromatic N) is 1. The Bertz CT molecular complexity index is 1110. The van der Waals surface area contributed by atoms with Gasteiger partial charge in [-0.1, -0.05) is 18.2 Å². The Hall–Kier alpha value is -2.96. The number of aromatic nitrogens is 1. The van der Waals surface area contributed by atoms with Crippen LogP contribution in [0.1, 0.15) is 17.2 Å². The first-order chi connectivity index (χ1) is 13.5. The third-order valence-corrected chi connectivity index (χ3v) is 5.48. The molecule has 140 valence electrons. The second-order valence-corrected chi connectivity index (χ2v) is 7.09. The summed E-state index contributed by atoms with van der Waals surface area (Å²) < 4.78 is 41.2. The normalized spacial score (nSPS) is 12.1. The second-order valence-electron chi connectivity index (χ2n) is 6.21. The zero-order chi connectivity index (χ0) is 19.7. The molecule has 0 aliphatic rings. The van der Waals surface area contributed by atoms with Gasteiger partial charge in [0.05, 0.1) is 0 Å². The number of pyridine rings is 1. The Kier molecular flexibility index (Phi) is 4.98. The van der Waals surface area contributed by atoms with Gasteiger partial charge in [0.25, 0.3) is 0 Å². The third kappa shape index (κ3) is 3.44.